The number of aromatic nitrogens is 3. The molecule has 0 spiro atoms. The maximum absolute atomic E-state index is 13.7. The van der Waals surface area contributed by atoms with Crippen molar-refractivity contribution in [1.29, 1.82) is 0 Å². The fraction of sp³-hybridized carbons (Fsp3) is 0.429. The summed E-state index contributed by atoms with van der Waals surface area (Å²) in [6.07, 6.45) is 1.12. The molecule has 21 heavy (non-hydrogen) atoms. The Bertz CT molecular complexity index is 585. The van der Waals surface area contributed by atoms with Crippen molar-refractivity contribution in [1.82, 2.24) is 15.0 Å². The monoisotopic (exact) mass is 313 g/mol. The highest BCUT2D eigenvalue weighted by Gasteiger charge is 2.16. The van der Waals surface area contributed by atoms with E-state index in [0.29, 0.717) is 29.5 Å². The van der Waals surface area contributed by atoms with Crippen LogP contribution in [0.25, 0.3) is 0 Å². The van der Waals surface area contributed by atoms with Gasteiger partial charge in [0.15, 0.2) is 0 Å². The van der Waals surface area contributed by atoms with Crippen LogP contribution in [0.15, 0.2) is 24.4 Å². The minimum absolute atomic E-state index is 0.240. The number of nitrogens with zero attached hydrogens (tertiary/aromatic N) is 3. The van der Waals surface area contributed by atoms with Gasteiger partial charge in [-0.3, -0.25) is 0 Å². The second-order valence-electron chi connectivity index (χ2n) is 4.32. The van der Waals surface area contributed by atoms with Crippen LogP contribution < -0.4 is 0 Å². The van der Waals surface area contributed by atoms with Gasteiger partial charge in [-0.25, -0.2) is 9.07 Å². The summed E-state index contributed by atoms with van der Waals surface area (Å²) < 4.78 is 26.1. The molecule has 1 aromatic carbocycles. The summed E-state index contributed by atoms with van der Waals surface area (Å²) >= 11 is 5.87. The predicted octanol–water partition coefficient (Wildman–Crippen LogP) is 3.19. The van der Waals surface area contributed by atoms with Gasteiger partial charge in [-0.1, -0.05) is 16.8 Å². The average molecular weight is 314 g/mol. The number of hydrogen-bond acceptors (Lipinski definition) is 4. The van der Waals surface area contributed by atoms with Gasteiger partial charge >= 0.3 is 0 Å². The fourth-order valence-corrected chi connectivity index (χ4v) is 2.05. The molecule has 2 aromatic rings. The van der Waals surface area contributed by atoms with Crippen LogP contribution in [0.3, 0.4) is 0 Å². The van der Waals surface area contributed by atoms with Gasteiger partial charge < -0.3 is 9.47 Å². The molecule has 1 aromatic heterocycles. The van der Waals surface area contributed by atoms with Crippen LogP contribution >= 0.6 is 11.6 Å². The summed E-state index contributed by atoms with van der Waals surface area (Å²) in [4.78, 5) is 0. The Hall–Kier alpha value is -1.50. The number of ether oxygens (including phenoxy) is 2. The standard InChI is InChI=1S/C14H17ClFN3O2/c1-3-20-14(21-4-2)13-9-19(18-17-13)8-10-7-11(15)5-6-12(10)16/h5-7,9,14H,3-4,8H2,1-2H3. The molecule has 1 heterocycles. The van der Waals surface area contributed by atoms with Gasteiger partial charge in [0.2, 0.25) is 6.29 Å². The third kappa shape index (κ3) is 4.23. The molecule has 0 atom stereocenters. The molecular weight excluding hydrogens is 297 g/mol. The lowest BCUT2D eigenvalue weighted by Gasteiger charge is -2.13. The molecule has 2 rings (SSSR count). The van der Waals surface area contributed by atoms with E-state index in [-0.39, 0.29) is 12.4 Å². The first-order valence-corrected chi connectivity index (χ1v) is 7.09. The summed E-state index contributed by atoms with van der Waals surface area (Å²) in [6, 6.07) is 4.41. The minimum Gasteiger partial charge on any atom is -0.347 e. The fourth-order valence-electron chi connectivity index (χ4n) is 1.86. The second kappa shape index (κ2) is 7.49. The number of halogens is 2. The van der Waals surface area contributed by atoms with E-state index in [4.69, 9.17) is 21.1 Å². The van der Waals surface area contributed by atoms with Crippen molar-refractivity contribution in [3.63, 3.8) is 0 Å². The summed E-state index contributed by atoms with van der Waals surface area (Å²) in [7, 11) is 0. The number of benzene rings is 1. The molecule has 0 bridgehead atoms. The van der Waals surface area contributed by atoms with Crippen molar-refractivity contribution in [2.75, 3.05) is 13.2 Å². The third-order valence-electron chi connectivity index (χ3n) is 2.77. The quantitative estimate of drug-likeness (QED) is 0.737. The van der Waals surface area contributed by atoms with Crippen molar-refractivity contribution >= 4 is 11.6 Å². The minimum atomic E-state index is -0.557. The molecule has 0 aliphatic heterocycles. The third-order valence-corrected chi connectivity index (χ3v) is 3.01. The van der Waals surface area contributed by atoms with Crippen molar-refractivity contribution in [2.24, 2.45) is 0 Å². The van der Waals surface area contributed by atoms with Crippen molar-refractivity contribution < 1.29 is 13.9 Å². The molecule has 0 unspecified atom stereocenters. The molecule has 0 aliphatic carbocycles. The van der Waals surface area contributed by atoms with E-state index in [1.54, 1.807) is 12.3 Å². The van der Waals surface area contributed by atoms with Crippen LogP contribution in [0.4, 0.5) is 4.39 Å². The molecule has 0 saturated carbocycles. The number of hydrogen-bond donors (Lipinski definition) is 0. The van der Waals surface area contributed by atoms with Crippen LogP contribution in [0, 0.1) is 5.82 Å². The lowest BCUT2D eigenvalue weighted by atomic mass is 10.2. The highest BCUT2D eigenvalue weighted by Crippen LogP contribution is 2.18. The Balaban J connectivity index is 2.13. The average Bonchev–Trinajstić information content (AvgIpc) is 2.91. The Morgan fingerprint density at radius 1 is 1.29 bits per heavy atom. The molecule has 7 heteroatoms. The van der Waals surface area contributed by atoms with Gasteiger partial charge in [0.1, 0.15) is 11.5 Å². The van der Waals surface area contributed by atoms with Gasteiger partial charge in [-0.15, -0.1) is 5.10 Å². The highest BCUT2D eigenvalue weighted by atomic mass is 35.5. The van der Waals surface area contributed by atoms with Crippen LogP contribution in [-0.4, -0.2) is 28.2 Å². The lowest BCUT2D eigenvalue weighted by molar-refractivity contribution is -0.142. The van der Waals surface area contributed by atoms with Gasteiger partial charge in [0.05, 0.1) is 12.7 Å². The molecule has 0 radical (unpaired) electrons. The summed E-state index contributed by atoms with van der Waals surface area (Å²) in [5, 5.41) is 8.45. The molecule has 0 fully saturated rings. The molecule has 114 valence electrons. The zero-order valence-corrected chi connectivity index (χ0v) is 12.7. The summed E-state index contributed by atoms with van der Waals surface area (Å²) in [5.74, 6) is -0.331. The first-order chi connectivity index (χ1) is 10.1. The zero-order valence-electron chi connectivity index (χ0n) is 11.9. The molecule has 0 amide bonds. The van der Waals surface area contributed by atoms with Crippen LogP contribution in [-0.2, 0) is 16.0 Å². The summed E-state index contributed by atoms with van der Waals surface area (Å²) in [5.41, 5.74) is 1.00. The SMILES string of the molecule is CCOC(OCC)c1cn(Cc2cc(Cl)ccc2F)nn1. The van der Waals surface area contributed by atoms with E-state index in [2.05, 4.69) is 10.3 Å². The summed E-state index contributed by atoms with van der Waals surface area (Å²) in [6.45, 7) is 4.99. The van der Waals surface area contributed by atoms with Crippen molar-refractivity contribution in [3.8, 4) is 0 Å². The van der Waals surface area contributed by atoms with Gasteiger partial charge in [-0.05, 0) is 32.0 Å². The second-order valence-corrected chi connectivity index (χ2v) is 4.76. The molecule has 0 aliphatic rings. The maximum Gasteiger partial charge on any atom is 0.204 e. The molecule has 5 nitrogen and oxygen atoms in total. The predicted molar refractivity (Wildman–Crippen MR) is 76.5 cm³/mol. The topological polar surface area (TPSA) is 49.2 Å². The van der Waals surface area contributed by atoms with Gasteiger partial charge in [0, 0.05) is 23.8 Å². The first kappa shape index (κ1) is 15.9. The van der Waals surface area contributed by atoms with Crippen LogP contribution in [0.1, 0.15) is 31.4 Å². The smallest absolute Gasteiger partial charge is 0.204 e. The van der Waals surface area contributed by atoms with E-state index in [0.717, 1.165) is 0 Å². The van der Waals surface area contributed by atoms with Crippen LogP contribution in [0.2, 0.25) is 5.02 Å². The largest absolute Gasteiger partial charge is 0.347 e. The van der Waals surface area contributed by atoms with Crippen molar-refractivity contribution in [3.05, 3.63) is 46.5 Å². The van der Waals surface area contributed by atoms with E-state index in [1.807, 2.05) is 13.8 Å². The Labute approximate surface area is 127 Å². The van der Waals surface area contributed by atoms with E-state index < -0.39 is 6.29 Å². The van der Waals surface area contributed by atoms with Gasteiger partial charge in [-0.2, -0.15) is 0 Å². The van der Waals surface area contributed by atoms with Crippen LogP contribution in [0.5, 0.6) is 0 Å². The van der Waals surface area contributed by atoms with Crippen molar-refractivity contribution in [2.45, 2.75) is 26.7 Å². The van der Waals surface area contributed by atoms with E-state index >= 15 is 0 Å². The first-order valence-electron chi connectivity index (χ1n) is 6.71. The molecule has 0 saturated heterocycles. The normalized spacial score (nSPS) is 11.3. The van der Waals surface area contributed by atoms with Gasteiger partial charge in [0.25, 0.3) is 0 Å². The maximum atomic E-state index is 13.7. The Morgan fingerprint density at radius 3 is 2.67 bits per heavy atom. The molecule has 0 N–H and O–H groups in total. The zero-order chi connectivity index (χ0) is 15.2. The van der Waals surface area contributed by atoms with E-state index in [1.165, 1.54) is 16.8 Å². The number of rotatable bonds is 7. The van der Waals surface area contributed by atoms with E-state index in [9.17, 15) is 4.39 Å². The highest BCUT2D eigenvalue weighted by molar-refractivity contribution is 6.30. The lowest BCUT2D eigenvalue weighted by Crippen LogP contribution is -2.09. The Morgan fingerprint density at radius 2 is 2.00 bits per heavy atom. The molecular formula is C14H17ClFN3O2. The Kier molecular flexibility index (Phi) is 5.67.